The van der Waals surface area contributed by atoms with E-state index < -0.39 is 5.97 Å². The Morgan fingerprint density at radius 3 is 2.48 bits per heavy atom. The quantitative estimate of drug-likeness (QED) is 0.897. The molecular weight excluding hydrogens is 313 g/mol. The molecule has 0 saturated heterocycles. The van der Waals surface area contributed by atoms with E-state index in [-0.39, 0.29) is 22.9 Å². The van der Waals surface area contributed by atoms with Crippen LogP contribution in [0.25, 0.3) is 0 Å². The molecule has 2 aromatic carbocycles. The van der Waals surface area contributed by atoms with E-state index in [2.05, 4.69) is 5.32 Å². The van der Waals surface area contributed by atoms with Gasteiger partial charge >= 0.3 is 5.97 Å². The van der Waals surface area contributed by atoms with Crippen LogP contribution in [0.3, 0.4) is 0 Å². The second-order valence-corrected chi connectivity index (χ2v) is 5.20. The van der Waals surface area contributed by atoms with Crippen molar-refractivity contribution >= 4 is 40.8 Å². The van der Waals surface area contributed by atoms with Crippen LogP contribution in [0.1, 0.15) is 15.9 Å². The molecule has 1 amide bonds. The summed E-state index contributed by atoms with van der Waals surface area (Å²) in [5, 5.41) is 12.2. The SMILES string of the molecule is O=C(Cc1cccc(Cl)c1)Nc1ccc(C(=O)O)c(Cl)c1. The van der Waals surface area contributed by atoms with Crippen molar-refractivity contribution < 1.29 is 14.7 Å². The number of nitrogens with one attached hydrogen (secondary N) is 1. The Balaban J connectivity index is 2.06. The van der Waals surface area contributed by atoms with Crippen LogP contribution in [0, 0.1) is 0 Å². The lowest BCUT2D eigenvalue weighted by molar-refractivity contribution is -0.115. The fraction of sp³-hybridized carbons (Fsp3) is 0.0667. The molecule has 4 nitrogen and oxygen atoms in total. The monoisotopic (exact) mass is 323 g/mol. The van der Waals surface area contributed by atoms with E-state index in [0.717, 1.165) is 5.56 Å². The minimum absolute atomic E-state index is 0.00972. The predicted molar refractivity (Wildman–Crippen MR) is 82.2 cm³/mol. The molecule has 0 aliphatic heterocycles. The number of anilines is 1. The molecule has 0 aliphatic carbocycles. The van der Waals surface area contributed by atoms with Crippen LogP contribution < -0.4 is 5.32 Å². The third-order valence-electron chi connectivity index (χ3n) is 2.74. The first-order chi connectivity index (χ1) is 9.95. The van der Waals surface area contributed by atoms with Gasteiger partial charge in [0, 0.05) is 10.7 Å². The average molecular weight is 324 g/mol. The molecular formula is C15H11Cl2NO3. The Bertz CT molecular complexity index is 701. The van der Waals surface area contributed by atoms with Gasteiger partial charge in [-0.25, -0.2) is 4.79 Å². The lowest BCUT2D eigenvalue weighted by Crippen LogP contribution is -2.14. The number of hydrogen-bond donors (Lipinski definition) is 2. The zero-order valence-corrected chi connectivity index (χ0v) is 12.3. The smallest absolute Gasteiger partial charge is 0.337 e. The molecule has 2 rings (SSSR count). The number of carbonyl (C=O) groups is 2. The van der Waals surface area contributed by atoms with Crippen molar-refractivity contribution in [1.82, 2.24) is 0 Å². The highest BCUT2D eigenvalue weighted by molar-refractivity contribution is 6.33. The lowest BCUT2D eigenvalue weighted by atomic mass is 10.1. The van der Waals surface area contributed by atoms with Crippen LogP contribution in [0.5, 0.6) is 0 Å². The minimum Gasteiger partial charge on any atom is -0.478 e. The van der Waals surface area contributed by atoms with E-state index in [4.69, 9.17) is 28.3 Å². The molecule has 0 spiro atoms. The van der Waals surface area contributed by atoms with Crippen molar-refractivity contribution in [2.75, 3.05) is 5.32 Å². The van der Waals surface area contributed by atoms with Gasteiger partial charge in [0.05, 0.1) is 17.0 Å². The number of benzene rings is 2. The molecule has 6 heteroatoms. The number of halogens is 2. The van der Waals surface area contributed by atoms with Crippen LogP contribution in [0.15, 0.2) is 42.5 Å². The van der Waals surface area contributed by atoms with Crippen LogP contribution in [-0.4, -0.2) is 17.0 Å². The molecule has 2 N–H and O–H groups in total. The first-order valence-corrected chi connectivity index (χ1v) is 6.78. The molecule has 21 heavy (non-hydrogen) atoms. The van der Waals surface area contributed by atoms with Gasteiger partial charge in [-0.1, -0.05) is 35.3 Å². The maximum atomic E-state index is 11.9. The van der Waals surface area contributed by atoms with Crippen molar-refractivity contribution in [3.8, 4) is 0 Å². The van der Waals surface area contributed by atoms with E-state index in [1.807, 2.05) is 0 Å². The Morgan fingerprint density at radius 1 is 1.10 bits per heavy atom. The van der Waals surface area contributed by atoms with Gasteiger partial charge in [-0.3, -0.25) is 4.79 Å². The zero-order chi connectivity index (χ0) is 15.4. The fourth-order valence-electron chi connectivity index (χ4n) is 1.80. The summed E-state index contributed by atoms with van der Waals surface area (Å²) in [6, 6.07) is 11.2. The van der Waals surface area contributed by atoms with Gasteiger partial charge in [0.1, 0.15) is 0 Å². The molecule has 0 heterocycles. The molecule has 0 saturated carbocycles. The molecule has 0 radical (unpaired) electrons. The van der Waals surface area contributed by atoms with Crippen molar-refractivity contribution in [1.29, 1.82) is 0 Å². The Labute approximate surface area is 131 Å². The summed E-state index contributed by atoms with van der Waals surface area (Å²) in [7, 11) is 0. The van der Waals surface area contributed by atoms with E-state index in [9.17, 15) is 9.59 Å². The zero-order valence-electron chi connectivity index (χ0n) is 10.8. The number of carboxylic acid groups (broad SMARTS) is 1. The number of rotatable bonds is 4. The molecule has 2 aromatic rings. The normalized spacial score (nSPS) is 10.2. The maximum Gasteiger partial charge on any atom is 0.337 e. The van der Waals surface area contributed by atoms with E-state index in [1.165, 1.54) is 18.2 Å². The van der Waals surface area contributed by atoms with Crippen LogP contribution in [0.4, 0.5) is 5.69 Å². The predicted octanol–water partition coefficient (Wildman–Crippen LogP) is 3.87. The van der Waals surface area contributed by atoms with Crippen LogP contribution >= 0.6 is 23.2 Å². The van der Waals surface area contributed by atoms with Gasteiger partial charge in [-0.2, -0.15) is 0 Å². The number of amides is 1. The fourth-order valence-corrected chi connectivity index (χ4v) is 2.28. The summed E-state index contributed by atoms with van der Waals surface area (Å²) < 4.78 is 0. The van der Waals surface area contributed by atoms with E-state index in [1.54, 1.807) is 24.3 Å². The maximum absolute atomic E-state index is 11.9. The summed E-state index contributed by atoms with van der Waals surface area (Å²) in [5.41, 5.74) is 1.22. The highest BCUT2D eigenvalue weighted by atomic mass is 35.5. The van der Waals surface area contributed by atoms with Gasteiger partial charge in [0.25, 0.3) is 0 Å². The molecule has 108 valence electrons. The average Bonchev–Trinajstić information content (AvgIpc) is 2.38. The number of carbonyl (C=O) groups excluding carboxylic acids is 1. The third-order valence-corrected chi connectivity index (χ3v) is 3.28. The highest BCUT2D eigenvalue weighted by Gasteiger charge is 2.10. The summed E-state index contributed by atoms with van der Waals surface area (Å²) in [6.45, 7) is 0. The second-order valence-electron chi connectivity index (χ2n) is 4.35. The van der Waals surface area contributed by atoms with Crippen LogP contribution in [-0.2, 0) is 11.2 Å². The van der Waals surface area contributed by atoms with Gasteiger partial charge in [-0.15, -0.1) is 0 Å². The first-order valence-electron chi connectivity index (χ1n) is 6.03. The third kappa shape index (κ3) is 4.21. The summed E-state index contributed by atoms with van der Waals surface area (Å²) in [5.74, 6) is -1.35. The summed E-state index contributed by atoms with van der Waals surface area (Å²) in [4.78, 5) is 22.8. The Morgan fingerprint density at radius 2 is 1.86 bits per heavy atom. The number of hydrogen-bond acceptors (Lipinski definition) is 2. The van der Waals surface area contributed by atoms with Crippen molar-refractivity contribution in [3.63, 3.8) is 0 Å². The first kappa shape index (κ1) is 15.4. The van der Waals surface area contributed by atoms with Gasteiger partial charge in [-0.05, 0) is 35.9 Å². The standard InChI is InChI=1S/C15H11Cl2NO3/c16-10-3-1-2-9(6-10)7-14(19)18-11-4-5-12(15(20)21)13(17)8-11/h1-6,8H,7H2,(H,18,19)(H,20,21). The molecule has 0 fully saturated rings. The van der Waals surface area contributed by atoms with Crippen molar-refractivity contribution in [2.45, 2.75) is 6.42 Å². The van der Waals surface area contributed by atoms with Crippen LogP contribution in [0.2, 0.25) is 10.0 Å². The summed E-state index contributed by atoms with van der Waals surface area (Å²) >= 11 is 11.7. The Hall–Kier alpha value is -2.04. The van der Waals surface area contributed by atoms with Crippen molar-refractivity contribution in [2.24, 2.45) is 0 Å². The Kier molecular flexibility index (Phi) is 4.83. The number of carboxylic acids is 1. The highest BCUT2D eigenvalue weighted by Crippen LogP contribution is 2.21. The lowest BCUT2D eigenvalue weighted by Gasteiger charge is -2.07. The summed E-state index contributed by atoms with van der Waals surface area (Å²) in [6.07, 6.45) is 0.166. The van der Waals surface area contributed by atoms with Gasteiger partial charge < -0.3 is 10.4 Å². The molecule has 0 atom stereocenters. The molecule has 0 aliphatic rings. The number of aromatic carboxylic acids is 1. The van der Waals surface area contributed by atoms with E-state index in [0.29, 0.717) is 10.7 Å². The van der Waals surface area contributed by atoms with Gasteiger partial charge in [0.2, 0.25) is 5.91 Å². The second kappa shape index (κ2) is 6.61. The topological polar surface area (TPSA) is 66.4 Å². The minimum atomic E-state index is -1.11. The largest absolute Gasteiger partial charge is 0.478 e. The molecule has 0 bridgehead atoms. The van der Waals surface area contributed by atoms with Gasteiger partial charge in [0.15, 0.2) is 0 Å². The molecule has 0 aromatic heterocycles. The van der Waals surface area contributed by atoms with E-state index >= 15 is 0 Å². The molecule has 0 unspecified atom stereocenters. The van der Waals surface area contributed by atoms with Crippen molar-refractivity contribution in [3.05, 3.63) is 63.6 Å².